The maximum absolute atomic E-state index is 12.1. The van der Waals surface area contributed by atoms with Crippen molar-refractivity contribution in [1.29, 1.82) is 0 Å². The lowest BCUT2D eigenvalue weighted by Gasteiger charge is -2.16. The minimum atomic E-state index is -4.66. The fraction of sp³-hybridized carbons (Fsp3) is 0.357. The van der Waals surface area contributed by atoms with E-state index in [0.717, 1.165) is 16.3 Å². The van der Waals surface area contributed by atoms with Gasteiger partial charge in [-0.05, 0) is 31.7 Å². The zero-order valence-corrected chi connectivity index (χ0v) is 12.4. The molecule has 21 heavy (non-hydrogen) atoms. The summed E-state index contributed by atoms with van der Waals surface area (Å²) in [7, 11) is 1.81. The maximum Gasteiger partial charge on any atom is 0.573 e. The third-order valence-corrected chi connectivity index (χ3v) is 3.90. The third kappa shape index (κ3) is 4.71. The van der Waals surface area contributed by atoms with Crippen LogP contribution >= 0.6 is 11.3 Å². The predicted molar refractivity (Wildman–Crippen MR) is 75.5 cm³/mol. The van der Waals surface area contributed by atoms with Gasteiger partial charge in [0.05, 0.1) is 5.01 Å². The van der Waals surface area contributed by atoms with Crippen molar-refractivity contribution >= 4 is 11.3 Å². The number of hydrogen-bond acceptors (Lipinski definition) is 4. The van der Waals surface area contributed by atoms with E-state index in [1.54, 1.807) is 23.5 Å². The Hall–Kier alpha value is -1.60. The number of ether oxygens (including phenoxy) is 1. The summed E-state index contributed by atoms with van der Waals surface area (Å²) in [5, 5.41) is 6.11. The second-order valence-corrected chi connectivity index (χ2v) is 5.49. The van der Waals surface area contributed by atoms with Gasteiger partial charge in [-0.2, -0.15) is 0 Å². The van der Waals surface area contributed by atoms with Crippen molar-refractivity contribution in [3.05, 3.63) is 45.9 Å². The summed E-state index contributed by atoms with van der Waals surface area (Å²) in [5.74, 6) is -0.216. The zero-order chi connectivity index (χ0) is 15.5. The van der Waals surface area contributed by atoms with E-state index >= 15 is 0 Å². The second kappa shape index (κ2) is 6.44. The largest absolute Gasteiger partial charge is 0.573 e. The van der Waals surface area contributed by atoms with E-state index in [0.29, 0.717) is 6.42 Å². The Bertz CT molecular complexity index is 581. The van der Waals surface area contributed by atoms with Crippen molar-refractivity contribution in [2.75, 3.05) is 7.05 Å². The van der Waals surface area contributed by atoms with Crippen LogP contribution in [0.4, 0.5) is 13.2 Å². The number of aromatic nitrogens is 1. The molecule has 0 saturated heterocycles. The first-order valence-corrected chi connectivity index (χ1v) is 7.19. The fourth-order valence-electron chi connectivity index (χ4n) is 1.96. The molecule has 3 nitrogen and oxygen atoms in total. The summed E-state index contributed by atoms with van der Waals surface area (Å²) < 4.78 is 40.2. The highest BCUT2D eigenvalue weighted by Gasteiger charge is 2.31. The summed E-state index contributed by atoms with van der Waals surface area (Å²) in [4.78, 5) is 4.40. The Balaban J connectivity index is 2.08. The fourth-order valence-corrected chi connectivity index (χ4v) is 2.78. The van der Waals surface area contributed by atoms with Crippen molar-refractivity contribution in [2.24, 2.45) is 0 Å². The average Bonchev–Trinajstić information content (AvgIpc) is 2.81. The Morgan fingerprint density at radius 2 is 1.95 bits per heavy atom. The van der Waals surface area contributed by atoms with Crippen LogP contribution in [0.2, 0.25) is 0 Å². The van der Waals surface area contributed by atoms with Crippen LogP contribution in [0.5, 0.6) is 5.75 Å². The lowest BCUT2D eigenvalue weighted by Crippen LogP contribution is -2.19. The smallest absolute Gasteiger partial charge is 0.406 e. The lowest BCUT2D eigenvalue weighted by molar-refractivity contribution is -0.274. The summed E-state index contributed by atoms with van der Waals surface area (Å²) in [6.07, 6.45) is -3.98. The topological polar surface area (TPSA) is 34.2 Å². The second-order valence-electron chi connectivity index (χ2n) is 4.54. The molecule has 0 fully saturated rings. The van der Waals surface area contributed by atoms with Gasteiger partial charge in [0.2, 0.25) is 0 Å². The SMILES string of the molecule is CNC(Cc1nc(C)cs1)c1ccc(OC(F)(F)F)cc1. The molecule has 1 N–H and O–H groups in total. The summed E-state index contributed by atoms with van der Waals surface area (Å²) in [6.45, 7) is 1.93. The molecule has 0 bridgehead atoms. The number of benzene rings is 1. The molecule has 0 spiro atoms. The van der Waals surface area contributed by atoms with Gasteiger partial charge < -0.3 is 10.1 Å². The molecule has 1 aromatic carbocycles. The molecular weight excluding hydrogens is 301 g/mol. The van der Waals surface area contributed by atoms with Gasteiger partial charge in [-0.15, -0.1) is 24.5 Å². The van der Waals surface area contributed by atoms with E-state index in [1.165, 1.54) is 12.1 Å². The summed E-state index contributed by atoms with van der Waals surface area (Å²) >= 11 is 1.57. The van der Waals surface area contributed by atoms with Crippen LogP contribution in [0.25, 0.3) is 0 Å². The predicted octanol–water partition coefficient (Wildman–Crippen LogP) is 3.85. The van der Waals surface area contributed by atoms with Crippen LogP contribution in [0.3, 0.4) is 0 Å². The van der Waals surface area contributed by atoms with Gasteiger partial charge in [-0.25, -0.2) is 4.98 Å². The monoisotopic (exact) mass is 316 g/mol. The van der Waals surface area contributed by atoms with Gasteiger partial charge in [0, 0.05) is 23.5 Å². The number of aryl methyl sites for hydroxylation is 1. The molecule has 1 atom stereocenters. The zero-order valence-electron chi connectivity index (χ0n) is 11.6. The number of hydrogen-bond donors (Lipinski definition) is 1. The third-order valence-electron chi connectivity index (χ3n) is 2.91. The molecule has 0 aliphatic heterocycles. The Labute approximate surface area is 124 Å². The standard InChI is InChI=1S/C14H15F3N2OS/c1-9-8-21-13(19-9)7-12(18-2)10-3-5-11(6-4-10)20-14(15,16)17/h3-6,8,12,18H,7H2,1-2H3. The highest BCUT2D eigenvalue weighted by molar-refractivity contribution is 7.09. The molecule has 7 heteroatoms. The summed E-state index contributed by atoms with van der Waals surface area (Å²) in [6, 6.07) is 5.89. The van der Waals surface area contributed by atoms with E-state index < -0.39 is 6.36 Å². The van der Waals surface area contributed by atoms with Crippen LogP contribution < -0.4 is 10.1 Å². The van der Waals surface area contributed by atoms with Gasteiger partial charge in [-0.1, -0.05) is 12.1 Å². The maximum atomic E-state index is 12.1. The van der Waals surface area contributed by atoms with Crippen LogP contribution in [0.1, 0.15) is 22.3 Å². The van der Waals surface area contributed by atoms with Crippen molar-refractivity contribution in [1.82, 2.24) is 10.3 Å². The van der Waals surface area contributed by atoms with Crippen molar-refractivity contribution < 1.29 is 17.9 Å². The molecule has 0 aliphatic rings. The van der Waals surface area contributed by atoms with Crippen LogP contribution in [-0.4, -0.2) is 18.4 Å². The molecule has 114 valence electrons. The molecule has 1 heterocycles. The number of alkyl halides is 3. The van der Waals surface area contributed by atoms with Crippen LogP contribution in [0, 0.1) is 6.92 Å². The molecule has 1 unspecified atom stereocenters. The van der Waals surface area contributed by atoms with Crippen molar-refractivity contribution in [2.45, 2.75) is 25.7 Å². The summed E-state index contributed by atoms with van der Waals surface area (Å²) in [5.41, 5.74) is 1.86. The van der Waals surface area contributed by atoms with Crippen molar-refractivity contribution in [3.8, 4) is 5.75 Å². The molecule has 0 amide bonds. The van der Waals surface area contributed by atoms with E-state index in [1.807, 2.05) is 19.4 Å². The average molecular weight is 316 g/mol. The number of likely N-dealkylation sites (N-methyl/N-ethyl adjacent to an activating group) is 1. The number of rotatable bonds is 5. The number of nitrogens with zero attached hydrogens (tertiary/aromatic N) is 1. The normalized spacial score (nSPS) is 13.2. The van der Waals surface area contributed by atoms with E-state index in [4.69, 9.17) is 0 Å². The first kappa shape index (κ1) is 15.8. The number of nitrogens with one attached hydrogen (secondary N) is 1. The minimum Gasteiger partial charge on any atom is -0.406 e. The van der Waals surface area contributed by atoms with Crippen LogP contribution in [0.15, 0.2) is 29.6 Å². The Morgan fingerprint density at radius 1 is 1.29 bits per heavy atom. The molecular formula is C14H15F3N2OS. The minimum absolute atomic E-state index is 0.00418. The highest BCUT2D eigenvalue weighted by atomic mass is 32.1. The van der Waals surface area contributed by atoms with Gasteiger partial charge in [0.25, 0.3) is 0 Å². The van der Waals surface area contributed by atoms with Gasteiger partial charge in [0.15, 0.2) is 0 Å². The molecule has 0 aliphatic carbocycles. The molecule has 1 aromatic heterocycles. The molecule has 2 rings (SSSR count). The highest BCUT2D eigenvalue weighted by Crippen LogP contribution is 2.26. The quantitative estimate of drug-likeness (QED) is 0.910. The first-order valence-electron chi connectivity index (χ1n) is 6.31. The molecule has 0 saturated carbocycles. The van der Waals surface area contributed by atoms with Crippen molar-refractivity contribution in [3.63, 3.8) is 0 Å². The van der Waals surface area contributed by atoms with Crippen LogP contribution in [-0.2, 0) is 6.42 Å². The molecule has 0 radical (unpaired) electrons. The number of thiazole rings is 1. The lowest BCUT2D eigenvalue weighted by atomic mass is 10.0. The van der Waals surface area contributed by atoms with Gasteiger partial charge >= 0.3 is 6.36 Å². The Morgan fingerprint density at radius 3 is 2.43 bits per heavy atom. The van der Waals surface area contributed by atoms with E-state index in [-0.39, 0.29) is 11.8 Å². The number of halogens is 3. The van der Waals surface area contributed by atoms with Gasteiger partial charge in [0.1, 0.15) is 5.75 Å². The van der Waals surface area contributed by atoms with E-state index in [2.05, 4.69) is 15.0 Å². The molecule has 2 aromatic rings. The Kier molecular flexibility index (Phi) is 4.84. The van der Waals surface area contributed by atoms with E-state index in [9.17, 15) is 13.2 Å². The van der Waals surface area contributed by atoms with Gasteiger partial charge in [-0.3, -0.25) is 0 Å². The first-order chi connectivity index (χ1) is 9.87.